The number of hydrogen-bond donors (Lipinski definition) is 0. The molecule has 196 valence electrons. The standard InChI is InChI=1S/C27H26F3NO5S/c1-3-34-24(32)26(27(28,29)30,31(2)25(33)35-18-20-10-6-4-7-11-20)19-37-23-16-14-22(15-17-23)36-21-12-8-5-9-13-21/h4-17H,3,18-19H2,1-2H3. The molecule has 0 aromatic heterocycles. The summed E-state index contributed by atoms with van der Waals surface area (Å²) in [7, 11) is 0.884. The van der Waals surface area contributed by atoms with Crippen molar-refractivity contribution in [1.29, 1.82) is 0 Å². The predicted octanol–water partition coefficient (Wildman–Crippen LogP) is 6.70. The lowest BCUT2D eigenvalue weighted by Crippen LogP contribution is -2.66. The molecule has 1 atom stereocenters. The molecule has 37 heavy (non-hydrogen) atoms. The van der Waals surface area contributed by atoms with Crippen LogP contribution in [0.4, 0.5) is 18.0 Å². The Hall–Kier alpha value is -3.66. The van der Waals surface area contributed by atoms with Crippen molar-refractivity contribution in [3.8, 4) is 11.5 Å². The lowest BCUT2D eigenvalue weighted by molar-refractivity contribution is -0.226. The number of rotatable bonds is 10. The predicted molar refractivity (Wildman–Crippen MR) is 133 cm³/mol. The summed E-state index contributed by atoms with van der Waals surface area (Å²) in [5.41, 5.74) is -2.69. The van der Waals surface area contributed by atoms with Crippen molar-refractivity contribution in [2.75, 3.05) is 19.4 Å². The Balaban J connectivity index is 1.80. The average molecular weight is 534 g/mol. The van der Waals surface area contributed by atoms with E-state index in [1.54, 1.807) is 66.7 Å². The van der Waals surface area contributed by atoms with E-state index in [4.69, 9.17) is 14.2 Å². The minimum absolute atomic E-state index is 0.253. The van der Waals surface area contributed by atoms with Crippen LogP contribution in [-0.2, 0) is 20.9 Å². The third-order valence-electron chi connectivity index (χ3n) is 5.38. The highest BCUT2D eigenvalue weighted by atomic mass is 32.2. The van der Waals surface area contributed by atoms with Gasteiger partial charge in [-0.15, -0.1) is 11.8 Å². The van der Waals surface area contributed by atoms with Crippen LogP contribution in [0.5, 0.6) is 11.5 Å². The van der Waals surface area contributed by atoms with E-state index in [1.165, 1.54) is 6.92 Å². The van der Waals surface area contributed by atoms with E-state index in [0.717, 1.165) is 18.8 Å². The molecule has 0 spiro atoms. The van der Waals surface area contributed by atoms with Crippen LogP contribution in [0.15, 0.2) is 89.8 Å². The second-order valence-corrected chi connectivity index (χ2v) is 8.90. The van der Waals surface area contributed by atoms with Gasteiger partial charge >= 0.3 is 18.2 Å². The molecule has 1 amide bonds. The molecule has 0 saturated heterocycles. The van der Waals surface area contributed by atoms with Crippen LogP contribution in [0.25, 0.3) is 0 Å². The second kappa shape index (κ2) is 12.5. The molecule has 0 fully saturated rings. The van der Waals surface area contributed by atoms with E-state index in [-0.39, 0.29) is 18.1 Å². The molecule has 1 unspecified atom stereocenters. The summed E-state index contributed by atoms with van der Waals surface area (Å²) in [6, 6.07) is 23.9. The maximum atomic E-state index is 14.5. The number of benzene rings is 3. The van der Waals surface area contributed by atoms with E-state index in [0.29, 0.717) is 22.0 Å². The van der Waals surface area contributed by atoms with Gasteiger partial charge in [-0.2, -0.15) is 13.2 Å². The molecule has 0 radical (unpaired) electrons. The van der Waals surface area contributed by atoms with Crippen LogP contribution in [0, 0.1) is 0 Å². The largest absolute Gasteiger partial charge is 0.464 e. The average Bonchev–Trinajstić information content (AvgIpc) is 2.89. The molecule has 10 heteroatoms. The first-order chi connectivity index (χ1) is 17.7. The van der Waals surface area contributed by atoms with Crippen LogP contribution in [0.2, 0.25) is 0 Å². The summed E-state index contributed by atoms with van der Waals surface area (Å²) >= 11 is 0.758. The van der Waals surface area contributed by atoms with Gasteiger partial charge in [-0.3, -0.25) is 4.90 Å². The maximum absolute atomic E-state index is 14.5. The Bertz CT molecular complexity index is 1160. The van der Waals surface area contributed by atoms with Gasteiger partial charge in [-0.25, -0.2) is 9.59 Å². The number of amides is 1. The third-order valence-corrected chi connectivity index (χ3v) is 6.55. The normalized spacial score (nSPS) is 12.8. The Kier molecular flexibility index (Phi) is 9.46. The topological polar surface area (TPSA) is 65.1 Å². The summed E-state index contributed by atoms with van der Waals surface area (Å²) in [4.78, 5) is 26.2. The Morgan fingerprint density at radius 2 is 1.41 bits per heavy atom. The third kappa shape index (κ3) is 6.97. The molecule has 6 nitrogen and oxygen atoms in total. The number of nitrogens with zero attached hydrogens (tertiary/aromatic N) is 1. The second-order valence-electron chi connectivity index (χ2n) is 7.85. The number of thioether (sulfide) groups is 1. The van der Waals surface area contributed by atoms with Gasteiger partial charge in [-0.1, -0.05) is 48.5 Å². The molecular weight excluding hydrogens is 507 g/mol. The van der Waals surface area contributed by atoms with Crippen LogP contribution >= 0.6 is 11.8 Å². The van der Waals surface area contributed by atoms with Crippen LogP contribution in [-0.4, -0.2) is 48.1 Å². The van der Waals surface area contributed by atoms with Crippen molar-refractivity contribution in [3.63, 3.8) is 0 Å². The molecule has 0 aliphatic rings. The van der Waals surface area contributed by atoms with Crippen molar-refractivity contribution in [3.05, 3.63) is 90.5 Å². The monoisotopic (exact) mass is 533 g/mol. The first kappa shape index (κ1) is 27.9. The van der Waals surface area contributed by atoms with E-state index in [9.17, 15) is 22.8 Å². The number of halogens is 3. The van der Waals surface area contributed by atoms with Gasteiger partial charge in [-0.05, 0) is 48.9 Å². The highest BCUT2D eigenvalue weighted by molar-refractivity contribution is 7.99. The molecule has 0 aliphatic heterocycles. The minimum atomic E-state index is -5.15. The molecule has 0 saturated carbocycles. The Labute approximate surface area is 217 Å². The van der Waals surface area contributed by atoms with Crippen molar-refractivity contribution >= 4 is 23.8 Å². The molecule has 0 aliphatic carbocycles. The summed E-state index contributed by atoms with van der Waals surface area (Å²) in [6.07, 6.45) is -6.45. The highest BCUT2D eigenvalue weighted by Crippen LogP contribution is 2.41. The first-order valence-corrected chi connectivity index (χ1v) is 12.3. The SMILES string of the molecule is CCOC(=O)C(CSc1ccc(Oc2ccccc2)cc1)(N(C)C(=O)OCc1ccccc1)C(F)(F)F. The smallest absolute Gasteiger partial charge is 0.423 e. The quantitative estimate of drug-likeness (QED) is 0.213. The van der Waals surface area contributed by atoms with Crippen LogP contribution in [0.3, 0.4) is 0 Å². The van der Waals surface area contributed by atoms with E-state index >= 15 is 0 Å². The Morgan fingerprint density at radius 1 is 0.838 bits per heavy atom. The molecule has 3 aromatic carbocycles. The first-order valence-electron chi connectivity index (χ1n) is 11.3. The van der Waals surface area contributed by atoms with Crippen LogP contribution in [0.1, 0.15) is 12.5 Å². The van der Waals surface area contributed by atoms with E-state index < -0.39 is 29.5 Å². The summed E-state index contributed by atoms with van der Waals surface area (Å²) in [5.74, 6) is -1.33. The maximum Gasteiger partial charge on any atom is 0.423 e. The number of esters is 1. The van der Waals surface area contributed by atoms with E-state index in [1.807, 2.05) is 18.2 Å². The van der Waals surface area contributed by atoms with Gasteiger partial charge in [0.2, 0.25) is 5.54 Å². The van der Waals surface area contributed by atoms with E-state index in [2.05, 4.69) is 0 Å². The minimum Gasteiger partial charge on any atom is -0.464 e. The number of para-hydroxylation sites is 1. The Morgan fingerprint density at radius 3 is 1.97 bits per heavy atom. The van der Waals surface area contributed by atoms with Gasteiger partial charge < -0.3 is 14.2 Å². The van der Waals surface area contributed by atoms with Crippen molar-refractivity contribution in [2.45, 2.75) is 30.1 Å². The van der Waals surface area contributed by atoms with Gasteiger partial charge in [0.1, 0.15) is 18.1 Å². The molecule has 3 aromatic rings. The number of carbonyl (C=O) groups is 2. The molecule has 0 heterocycles. The van der Waals surface area contributed by atoms with Crippen molar-refractivity contribution in [1.82, 2.24) is 4.90 Å². The fraction of sp³-hybridized carbons (Fsp3) is 0.259. The summed E-state index contributed by atoms with van der Waals surface area (Å²) < 4.78 is 59.2. The fourth-order valence-corrected chi connectivity index (χ4v) is 4.50. The number of ether oxygens (including phenoxy) is 3. The van der Waals surface area contributed by atoms with Gasteiger partial charge in [0, 0.05) is 17.7 Å². The zero-order chi connectivity index (χ0) is 26.9. The number of hydrogen-bond acceptors (Lipinski definition) is 6. The lowest BCUT2D eigenvalue weighted by atomic mass is 10.00. The summed E-state index contributed by atoms with van der Waals surface area (Å²) in [5, 5.41) is 0. The highest BCUT2D eigenvalue weighted by Gasteiger charge is 2.66. The van der Waals surface area contributed by atoms with Crippen molar-refractivity contribution < 1.29 is 37.0 Å². The van der Waals surface area contributed by atoms with Gasteiger partial charge in [0.25, 0.3) is 0 Å². The number of likely N-dealkylation sites (N-methyl/N-ethyl adjacent to an activating group) is 1. The lowest BCUT2D eigenvalue weighted by Gasteiger charge is -2.39. The van der Waals surface area contributed by atoms with Gasteiger partial charge in [0.15, 0.2) is 0 Å². The number of carbonyl (C=O) groups excluding carboxylic acids is 2. The van der Waals surface area contributed by atoms with Crippen LogP contribution < -0.4 is 4.74 Å². The zero-order valence-electron chi connectivity index (χ0n) is 20.2. The fourth-order valence-electron chi connectivity index (χ4n) is 3.32. The molecular formula is C27H26F3NO5S. The molecule has 0 N–H and O–H groups in total. The summed E-state index contributed by atoms with van der Waals surface area (Å²) in [6.45, 7) is 0.849. The molecule has 3 rings (SSSR count). The van der Waals surface area contributed by atoms with Gasteiger partial charge in [0.05, 0.1) is 6.61 Å². The zero-order valence-corrected chi connectivity index (χ0v) is 21.1. The molecule has 0 bridgehead atoms. The van der Waals surface area contributed by atoms with Crippen molar-refractivity contribution in [2.24, 2.45) is 0 Å². The number of alkyl halides is 3.